The summed E-state index contributed by atoms with van der Waals surface area (Å²) in [6.07, 6.45) is -1.64. The third-order valence-corrected chi connectivity index (χ3v) is 5.06. The summed E-state index contributed by atoms with van der Waals surface area (Å²) >= 11 is 0. The van der Waals surface area contributed by atoms with Crippen LogP contribution in [0.5, 0.6) is 0 Å². The van der Waals surface area contributed by atoms with E-state index in [0.29, 0.717) is 11.1 Å². The van der Waals surface area contributed by atoms with Gasteiger partial charge < -0.3 is 5.32 Å². The van der Waals surface area contributed by atoms with Crippen molar-refractivity contribution in [3.05, 3.63) is 71.3 Å². The fourth-order valence-corrected chi connectivity index (χ4v) is 2.84. The smallest absolute Gasteiger partial charge is 0.348 e. The molecule has 0 spiro atoms. The van der Waals surface area contributed by atoms with E-state index in [0.717, 1.165) is 12.1 Å². The van der Waals surface area contributed by atoms with E-state index in [2.05, 4.69) is 10.0 Å². The molecule has 0 aromatic heterocycles. The predicted octanol–water partition coefficient (Wildman–Crippen LogP) is 2.94. The summed E-state index contributed by atoms with van der Waals surface area (Å²) in [6, 6.07) is 10.4. The van der Waals surface area contributed by atoms with Crippen LogP contribution in [0.1, 0.15) is 16.7 Å². The van der Waals surface area contributed by atoms with Gasteiger partial charge in [0.15, 0.2) is 0 Å². The van der Waals surface area contributed by atoms with Gasteiger partial charge in [-0.2, -0.15) is 13.2 Å². The number of carbonyl (C=O) groups excluding carboxylic acids is 1. The summed E-state index contributed by atoms with van der Waals surface area (Å²) in [5, 5.41) is 2.56. The first-order valence-corrected chi connectivity index (χ1v) is 9.26. The number of hydrogen-bond acceptors (Lipinski definition) is 3. The average Bonchev–Trinajstić information content (AvgIpc) is 2.64. The summed E-state index contributed by atoms with van der Waals surface area (Å²) in [4.78, 5) is 11.9. The van der Waals surface area contributed by atoms with Gasteiger partial charge in [0.05, 0.1) is 10.5 Å². The van der Waals surface area contributed by atoms with Crippen molar-refractivity contribution in [2.24, 2.45) is 0 Å². The Morgan fingerprint density at radius 1 is 1.04 bits per heavy atom. The SMILES string of the molecule is CNS(=O)(=O)c1ccc(/C=C/C(=O)NCc2ccc(C(F)(F)F)cc2)cc1. The van der Waals surface area contributed by atoms with E-state index < -0.39 is 27.7 Å². The highest BCUT2D eigenvalue weighted by molar-refractivity contribution is 7.89. The zero-order valence-electron chi connectivity index (χ0n) is 14.2. The Bertz CT molecular complexity index is 920. The Morgan fingerprint density at radius 2 is 1.63 bits per heavy atom. The van der Waals surface area contributed by atoms with Gasteiger partial charge in [-0.25, -0.2) is 13.1 Å². The summed E-state index contributed by atoms with van der Waals surface area (Å²) in [7, 11) is -2.21. The third-order valence-electron chi connectivity index (χ3n) is 3.63. The van der Waals surface area contributed by atoms with Crippen LogP contribution in [0.2, 0.25) is 0 Å². The normalized spacial score (nSPS) is 12.3. The van der Waals surface area contributed by atoms with Crippen LogP contribution in [0, 0.1) is 0 Å². The largest absolute Gasteiger partial charge is 0.416 e. The van der Waals surface area contributed by atoms with E-state index in [1.165, 1.54) is 43.5 Å². The Kier molecular flexibility index (Phi) is 6.40. The number of benzene rings is 2. The van der Waals surface area contributed by atoms with Crippen LogP contribution in [0.15, 0.2) is 59.5 Å². The first-order valence-electron chi connectivity index (χ1n) is 7.77. The van der Waals surface area contributed by atoms with E-state index in [1.807, 2.05) is 0 Å². The molecule has 0 bridgehead atoms. The number of rotatable bonds is 6. The molecule has 0 saturated heterocycles. The quantitative estimate of drug-likeness (QED) is 0.735. The molecule has 2 aromatic carbocycles. The second-order valence-corrected chi connectivity index (χ2v) is 7.41. The van der Waals surface area contributed by atoms with Gasteiger partial charge in [-0.1, -0.05) is 24.3 Å². The lowest BCUT2D eigenvalue weighted by atomic mass is 10.1. The maximum Gasteiger partial charge on any atom is 0.416 e. The molecule has 5 nitrogen and oxygen atoms in total. The standard InChI is InChI=1S/C18H17F3N2O3S/c1-22-27(25,26)16-9-4-13(5-10-16)6-11-17(24)23-12-14-2-7-15(8-3-14)18(19,20)21/h2-11,22H,12H2,1H3,(H,23,24)/b11-6+. The monoisotopic (exact) mass is 398 g/mol. The van der Waals surface area contributed by atoms with Gasteiger partial charge in [0.2, 0.25) is 15.9 Å². The summed E-state index contributed by atoms with van der Waals surface area (Å²) in [5.74, 6) is -0.429. The van der Waals surface area contributed by atoms with Crippen molar-refractivity contribution in [2.45, 2.75) is 17.6 Å². The van der Waals surface area contributed by atoms with Crippen LogP contribution < -0.4 is 10.0 Å². The number of amides is 1. The molecule has 0 aliphatic heterocycles. The summed E-state index contributed by atoms with van der Waals surface area (Å²) in [5.41, 5.74) is 0.405. The number of alkyl halides is 3. The van der Waals surface area contributed by atoms with Gasteiger partial charge >= 0.3 is 6.18 Å². The lowest BCUT2D eigenvalue weighted by Crippen LogP contribution is -2.20. The molecule has 0 aliphatic rings. The van der Waals surface area contributed by atoms with E-state index in [1.54, 1.807) is 12.1 Å². The van der Waals surface area contributed by atoms with Crippen LogP contribution in [0.3, 0.4) is 0 Å². The van der Waals surface area contributed by atoms with Gasteiger partial charge in [0.25, 0.3) is 0 Å². The van der Waals surface area contributed by atoms with E-state index >= 15 is 0 Å². The van der Waals surface area contributed by atoms with Crippen molar-refractivity contribution in [2.75, 3.05) is 7.05 Å². The second-order valence-electron chi connectivity index (χ2n) is 5.52. The van der Waals surface area contributed by atoms with Crippen LogP contribution in [-0.4, -0.2) is 21.4 Å². The lowest BCUT2D eigenvalue weighted by molar-refractivity contribution is -0.137. The minimum atomic E-state index is -4.40. The Balaban J connectivity index is 1.92. The van der Waals surface area contributed by atoms with Gasteiger partial charge in [-0.3, -0.25) is 4.79 Å². The number of halogens is 3. The third kappa shape index (κ3) is 5.93. The first-order chi connectivity index (χ1) is 12.6. The minimum absolute atomic E-state index is 0.0840. The molecule has 27 heavy (non-hydrogen) atoms. The Labute approximate surface area is 155 Å². The highest BCUT2D eigenvalue weighted by atomic mass is 32.2. The topological polar surface area (TPSA) is 75.3 Å². The fraction of sp³-hybridized carbons (Fsp3) is 0.167. The number of hydrogen-bond donors (Lipinski definition) is 2. The number of nitrogens with one attached hydrogen (secondary N) is 2. The van der Waals surface area contributed by atoms with Crippen molar-refractivity contribution in [3.63, 3.8) is 0 Å². The molecule has 144 valence electrons. The fourth-order valence-electron chi connectivity index (χ4n) is 2.11. The molecule has 2 aromatic rings. The molecule has 0 aliphatic carbocycles. The molecule has 0 atom stereocenters. The van der Waals surface area contributed by atoms with Crippen LogP contribution in [0.25, 0.3) is 6.08 Å². The molecule has 0 heterocycles. The Hall–Kier alpha value is -2.65. The average molecular weight is 398 g/mol. The lowest BCUT2D eigenvalue weighted by Gasteiger charge is -2.08. The van der Waals surface area contributed by atoms with E-state index in [-0.39, 0.29) is 11.4 Å². The van der Waals surface area contributed by atoms with Gasteiger partial charge in [-0.05, 0) is 48.5 Å². The van der Waals surface area contributed by atoms with Crippen LogP contribution >= 0.6 is 0 Å². The molecule has 0 saturated carbocycles. The molecule has 0 unspecified atom stereocenters. The molecule has 1 amide bonds. The van der Waals surface area contributed by atoms with Gasteiger partial charge in [0, 0.05) is 12.6 Å². The Morgan fingerprint density at radius 3 is 2.15 bits per heavy atom. The predicted molar refractivity (Wildman–Crippen MR) is 95.0 cm³/mol. The molecule has 9 heteroatoms. The van der Waals surface area contributed by atoms with Crippen molar-refractivity contribution >= 4 is 22.0 Å². The maximum absolute atomic E-state index is 12.5. The number of carbonyl (C=O) groups is 1. The molecular weight excluding hydrogens is 381 g/mol. The zero-order chi connectivity index (χ0) is 20.1. The molecular formula is C18H17F3N2O3S. The minimum Gasteiger partial charge on any atom is -0.348 e. The van der Waals surface area contributed by atoms with Crippen molar-refractivity contribution < 1.29 is 26.4 Å². The summed E-state index contributed by atoms with van der Waals surface area (Å²) < 4.78 is 62.9. The van der Waals surface area contributed by atoms with Gasteiger partial charge in [0.1, 0.15) is 0 Å². The first kappa shape index (κ1) is 20.7. The van der Waals surface area contributed by atoms with Crippen LogP contribution in [0.4, 0.5) is 13.2 Å². The molecule has 2 N–H and O–H groups in total. The van der Waals surface area contributed by atoms with E-state index in [9.17, 15) is 26.4 Å². The molecule has 0 radical (unpaired) electrons. The second kappa shape index (κ2) is 8.36. The van der Waals surface area contributed by atoms with Crippen molar-refractivity contribution in [1.29, 1.82) is 0 Å². The number of sulfonamides is 1. The van der Waals surface area contributed by atoms with E-state index in [4.69, 9.17) is 0 Å². The zero-order valence-corrected chi connectivity index (χ0v) is 15.1. The van der Waals surface area contributed by atoms with Crippen molar-refractivity contribution in [3.8, 4) is 0 Å². The molecule has 2 rings (SSSR count). The van der Waals surface area contributed by atoms with Crippen LogP contribution in [-0.2, 0) is 27.5 Å². The van der Waals surface area contributed by atoms with Gasteiger partial charge in [-0.15, -0.1) is 0 Å². The van der Waals surface area contributed by atoms with Crippen molar-refractivity contribution in [1.82, 2.24) is 10.0 Å². The maximum atomic E-state index is 12.5. The highest BCUT2D eigenvalue weighted by Gasteiger charge is 2.29. The highest BCUT2D eigenvalue weighted by Crippen LogP contribution is 2.29. The molecule has 0 fully saturated rings. The summed E-state index contributed by atoms with van der Waals surface area (Å²) in [6.45, 7) is 0.0840.